The zero-order valence-corrected chi connectivity index (χ0v) is 17.4. The van der Waals surface area contributed by atoms with Crippen LogP contribution in [0.15, 0.2) is 54.6 Å². The Morgan fingerprint density at radius 2 is 1.71 bits per heavy atom. The maximum atomic E-state index is 12.7. The van der Waals surface area contributed by atoms with Crippen LogP contribution in [-0.4, -0.2) is 23.6 Å². The Hall–Kier alpha value is -2.64. The number of amides is 1. The van der Waals surface area contributed by atoms with Crippen LogP contribution >= 0.6 is 23.6 Å². The molecule has 0 radical (unpaired) electrons. The van der Waals surface area contributed by atoms with E-state index in [4.69, 9.17) is 12.2 Å². The van der Waals surface area contributed by atoms with E-state index >= 15 is 0 Å². The largest absolute Gasteiger partial charge is 0.372 e. The van der Waals surface area contributed by atoms with Gasteiger partial charge in [-0.25, -0.2) is 0 Å². The van der Waals surface area contributed by atoms with Crippen molar-refractivity contribution in [2.75, 3.05) is 23.3 Å². The standard InChI is InChI=1S/C21H22N4OS2/c1-3-24(4-2)15-12-10-14(11-13-15)18-22-19-17(20(26)23-18)28-21(27)25(19)16-8-6-5-7-9-16/h5-13,18,22H,3-4H2,1-2H3,(H,23,26)/t18-/m1/s1. The number of benzene rings is 2. The average molecular weight is 411 g/mol. The Bertz CT molecular complexity index is 1040. The number of hydrogen-bond donors (Lipinski definition) is 2. The third kappa shape index (κ3) is 3.31. The summed E-state index contributed by atoms with van der Waals surface area (Å²) in [6.07, 6.45) is -0.301. The molecule has 0 saturated heterocycles. The highest BCUT2D eigenvalue weighted by molar-refractivity contribution is 7.73. The van der Waals surface area contributed by atoms with E-state index < -0.39 is 0 Å². The van der Waals surface area contributed by atoms with Gasteiger partial charge >= 0.3 is 0 Å². The molecule has 5 nitrogen and oxygen atoms in total. The van der Waals surface area contributed by atoms with Gasteiger partial charge in [0.2, 0.25) is 0 Å². The molecule has 2 N–H and O–H groups in total. The van der Waals surface area contributed by atoms with Crippen LogP contribution in [0, 0.1) is 3.95 Å². The molecular formula is C21H22N4OS2. The summed E-state index contributed by atoms with van der Waals surface area (Å²) in [6.45, 7) is 6.22. The third-order valence-electron chi connectivity index (χ3n) is 4.94. The van der Waals surface area contributed by atoms with E-state index in [0.29, 0.717) is 8.83 Å². The van der Waals surface area contributed by atoms with Gasteiger partial charge in [-0.3, -0.25) is 9.36 Å². The normalized spacial score (nSPS) is 15.5. The molecule has 1 amide bonds. The molecule has 2 aromatic carbocycles. The number of aromatic nitrogens is 1. The minimum Gasteiger partial charge on any atom is -0.372 e. The van der Waals surface area contributed by atoms with E-state index in [1.807, 2.05) is 34.9 Å². The predicted octanol–water partition coefficient (Wildman–Crippen LogP) is 4.97. The lowest BCUT2D eigenvalue weighted by Gasteiger charge is -2.28. The zero-order chi connectivity index (χ0) is 19.7. The molecule has 4 rings (SSSR count). The maximum absolute atomic E-state index is 12.7. The second-order valence-electron chi connectivity index (χ2n) is 6.53. The van der Waals surface area contributed by atoms with Gasteiger partial charge in [-0.05, 0) is 55.9 Å². The molecule has 7 heteroatoms. The molecule has 0 unspecified atom stereocenters. The van der Waals surface area contributed by atoms with Gasteiger partial charge in [0.05, 0.1) is 0 Å². The van der Waals surface area contributed by atoms with Gasteiger partial charge in [0.1, 0.15) is 16.9 Å². The highest BCUT2D eigenvalue weighted by atomic mass is 32.1. The molecule has 0 saturated carbocycles. The van der Waals surface area contributed by atoms with Gasteiger partial charge in [-0.2, -0.15) is 0 Å². The number of rotatable bonds is 5. The minimum atomic E-state index is -0.301. The second kappa shape index (κ2) is 7.77. The van der Waals surface area contributed by atoms with Crippen LogP contribution in [0.1, 0.15) is 35.2 Å². The SMILES string of the molecule is CCN(CC)c1ccc([C@H]2NC(=O)c3sc(=S)n(-c4ccccc4)c3N2)cc1. The first-order valence-corrected chi connectivity index (χ1v) is 10.6. The molecule has 3 aromatic rings. The van der Waals surface area contributed by atoms with Crippen LogP contribution in [0.3, 0.4) is 0 Å². The summed E-state index contributed by atoms with van der Waals surface area (Å²) in [5, 5.41) is 6.51. The quantitative estimate of drug-likeness (QED) is 0.583. The number of thiazole rings is 1. The number of nitrogens with one attached hydrogen (secondary N) is 2. The Balaban J connectivity index is 1.68. The number of hydrogen-bond acceptors (Lipinski definition) is 5. The average Bonchev–Trinajstić information content (AvgIpc) is 3.06. The molecule has 0 spiro atoms. The molecule has 28 heavy (non-hydrogen) atoms. The van der Waals surface area contributed by atoms with Crippen molar-refractivity contribution in [2.24, 2.45) is 0 Å². The smallest absolute Gasteiger partial charge is 0.267 e. The van der Waals surface area contributed by atoms with Crippen LogP contribution in [0.4, 0.5) is 11.5 Å². The monoisotopic (exact) mass is 410 g/mol. The first kappa shape index (κ1) is 18.7. The van der Waals surface area contributed by atoms with Gasteiger partial charge in [0.15, 0.2) is 3.95 Å². The fraction of sp³-hybridized carbons (Fsp3) is 0.238. The molecule has 0 bridgehead atoms. The van der Waals surface area contributed by atoms with E-state index in [2.05, 4.69) is 53.6 Å². The summed E-state index contributed by atoms with van der Waals surface area (Å²) in [5.41, 5.74) is 3.13. The molecule has 1 aromatic heterocycles. The molecule has 2 heterocycles. The van der Waals surface area contributed by atoms with Crippen LogP contribution in [-0.2, 0) is 0 Å². The fourth-order valence-electron chi connectivity index (χ4n) is 3.47. The van der Waals surface area contributed by atoms with Crippen molar-refractivity contribution < 1.29 is 4.79 Å². The first-order chi connectivity index (χ1) is 13.6. The highest BCUT2D eigenvalue weighted by Gasteiger charge is 2.29. The van der Waals surface area contributed by atoms with Crippen molar-refractivity contribution in [1.29, 1.82) is 0 Å². The van der Waals surface area contributed by atoms with Crippen molar-refractivity contribution in [3.8, 4) is 5.69 Å². The van der Waals surface area contributed by atoms with E-state index in [0.717, 1.165) is 30.2 Å². The van der Waals surface area contributed by atoms with Gasteiger partial charge in [0, 0.05) is 24.5 Å². The molecule has 144 valence electrons. The number of fused-ring (bicyclic) bond motifs is 1. The van der Waals surface area contributed by atoms with Crippen molar-refractivity contribution in [1.82, 2.24) is 9.88 Å². The summed E-state index contributed by atoms with van der Waals surface area (Å²) >= 11 is 6.87. The maximum Gasteiger partial charge on any atom is 0.267 e. The fourth-order valence-corrected chi connectivity index (χ4v) is 4.78. The van der Waals surface area contributed by atoms with Crippen LogP contribution in [0.25, 0.3) is 5.69 Å². The summed E-state index contributed by atoms with van der Waals surface area (Å²) < 4.78 is 2.59. The Morgan fingerprint density at radius 3 is 2.36 bits per heavy atom. The van der Waals surface area contributed by atoms with Crippen LogP contribution in [0.5, 0.6) is 0 Å². The second-order valence-corrected chi connectivity index (χ2v) is 8.18. The van der Waals surface area contributed by atoms with Crippen LogP contribution < -0.4 is 15.5 Å². The van der Waals surface area contributed by atoms with Crippen molar-refractivity contribution in [2.45, 2.75) is 20.0 Å². The van der Waals surface area contributed by atoms with Crippen molar-refractivity contribution in [3.63, 3.8) is 0 Å². The molecule has 0 aliphatic carbocycles. The Kier molecular flexibility index (Phi) is 5.19. The van der Waals surface area contributed by atoms with Gasteiger partial charge in [-0.1, -0.05) is 41.7 Å². The third-order valence-corrected chi connectivity index (χ3v) is 6.32. The van der Waals surface area contributed by atoms with Gasteiger partial charge in [-0.15, -0.1) is 0 Å². The van der Waals surface area contributed by atoms with E-state index in [1.54, 1.807) is 0 Å². The number of carbonyl (C=O) groups is 1. The lowest BCUT2D eigenvalue weighted by molar-refractivity contribution is 0.0939. The number of nitrogens with zero attached hydrogens (tertiary/aromatic N) is 2. The predicted molar refractivity (Wildman–Crippen MR) is 118 cm³/mol. The van der Waals surface area contributed by atoms with Crippen LogP contribution in [0.2, 0.25) is 0 Å². The molecule has 0 fully saturated rings. The van der Waals surface area contributed by atoms with E-state index in [9.17, 15) is 4.79 Å². The van der Waals surface area contributed by atoms with Gasteiger partial charge < -0.3 is 15.5 Å². The summed E-state index contributed by atoms with van der Waals surface area (Å²) in [6, 6.07) is 18.2. The summed E-state index contributed by atoms with van der Waals surface area (Å²) in [5.74, 6) is 0.653. The lowest BCUT2D eigenvalue weighted by Crippen LogP contribution is -2.38. The number of carbonyl (C=O) groups excluding carboxylic acids is 1. The molecule has 1 atom stereocenters. The van der Waals surface area contributed by atoms with Gasteiger partial charge in [0.25, 0.3) is 5.91 Å². The number of para-hydroxylation sites is 1. The topological polar surface area (TPSA) is 49.3 Å². The molecular weight excluding hydrogens is 388 g/mol. The number of anilines is 2. The molecule has 1 aliphatic rings. The van der Waals surface area contributed by atoms with E-state index in [-0.39, 0.29) is 12.1 Å². The summed E-state index contributed by atoms with van der Waals surface area (Å²) in [4.78, 5) is 15.6. The highest BCUT2D eigenvalue weighted by Crippen LogP contribution is 2.34. The summed E-state index contributed by atoms with van der Waals surface area (Å²) in [7, 11) is 0. The minimum absolute atomic E-state index is 0.0997. The molecule has 1 aliphatic heterocycles. The van der Waals surface area contributed by atoms with Crippen molar-refractivity contribution >= 4 is 41.0 Å². The lowest BCUT2D eigenvalue weighted by atomic mass is 10.1. The van der Waals surface area contributed by atoms with E-state index in [1.165, 1.54) is 17.0 Å². The van der Waals surface area contributed by atoms with Crippen molar-refractivity contribution in [3.05, 3.63) is 69.0 Å². The Labute approximate surface area is 173 Å². The zero-order valence-electron chi connectivity index (χ0n) is 15.8. The first-order valence-electron chi connectivity index (χ1n) is 9.36. The Morgan fingerprint density at radius 1 is 1.04 bits per heavy atom.